The van der Waals surface area contributed by atoms with Gasteiger partial charge in [-0.05, 0) is 48.1 Å². The monoisotopic (exact) mass is 206 g/mol. The number of benzene rings is 1. The van der Waals surface area contributed by atoms with E-state index in [0.29, 0.717) is 5.92 Å². The fourth-order valence-electron chi connectivity index (χ4n) is 1.42. The summed E-state index contributed by atoms with van der Waals surface area (Å²) < 4.78 is 0. The van der Waals surface area contributed by atoms with Crippen LogP contribution in [0.3, 0.4) is 0 Å². The Morgan fingerprint density at radius 3 is 2.43 bits per heavy atom. The molecule has 1 aliphatic carbocycles. The molecule has 0 amide bonds. The smallest absolute Gasteiger partial charge is 0.146 e. The van der Waals surface area contributed by atoms with Crippen LogP contribution in [-0.2, 0) is 4.79 Å². The molecule has 72 valence electrons. The fourth-order valence-corrected chi connectivity index (χ4v) is 1.54. The third-order valence-electron chi connectivity index (χ3n) is 2.39. The molecule has 0 heterocycles. The van der Waals surface area contributed by atoms with Gasteiger partial charge in [-0.15, -0.1) is 0 Å². The van der Waals surface area contributed by atoms with E-state index in [1.807, 2.05) is 30.3 Å². The highest BCUT2D eigenvalue weighted by Gasteiger charge is 2.25. The summed E-state index contributed by atoms with van der Waals surface area (Å²) in [6.07, 6.45) is 5.21. The minimum atomic E-state index is 0.503. The minimum absolute atomic E-state index is 0.503. The summed E-state index contributed by atoms with van der Waals surface area (Å²) in [5.41, 5.74) is 1.95. The second-order valence-corrected chi connectivity index (χ2v) is 4.02. The van der Waals surface area contributed by atoms with Crippen LogP contribution in [0.25, 0.3) is 6.08 Å². The first-order valence-electron chi connectivity index (χ1n) is 4.72. The van der Waals surface area contributed by atoms with Gasteiger partial charge >= 0.3 is 0 Å². The van der Waals surface area contributed by atoms with Crippen molar-refractivity contribution in [2.24, 2.45) is 5.92 Å². The van der Waals surface area contributed by atoms with Crippen LogP contribution in [0.1, 0.15) is 18.4 Å². The largest absolute Gasteiger partial charge is 0.298 e. The average Bonchev–Trinajstić information content (AvgIpc) is 3.01. The topological polar surface area (TPSA) is 17.1 Å². The highest BCUT2D eigenvalue weighted by atomic mass is 35.5. The van der Waals surface area contributed by atoms with Gasteiger partial charge in [0.15, 0.2) is 0 Å². The van der Waals surface area contributed by atoms with Gasteiger partial charge in [-0.25, -0.2) is 0 Å². The van der Waals surface area contributed by atoms with Gasteiger partial charge in [0.05, 0.1) is 0 Å². The normalized spacial score (nSPS) is 16.8. The average molecular weight is 207 g/mol. The van der Waals surface area contributed by atoms with E-state index in [0.717, 1.165) is 35.3 Å². The van der Waals surface area contributed by atoms with E-state index in [1.165, 1.54) is 0 Å². The summed E-state index contributed by atoms with van der Waals surface area (Å²) in [6.45, 7) is 0. The zero-order valence-electron chi connectivity index (χ0n) is 7.74. The molecule has 0 bridgehead atoms. The molecule has 0 radical (unpaired) electrons. The molecule has 2 heteroatoms. The molecule has 1 nitrogen and oxygen atoms in total. The lowest BCUT2D eigenvalue weighted by Gasteiger charge is -1.97. The number of hydrogen-bond acceptors (Lipinski definition) is 1. The lowest BCUT2D eigenvalue weighted by atomic mass is 10.1. The van der Waals surface area contributed by atoms with Crippen molar-refractivity contribution >= 4 is 24.0 Å². The van der Waals surface area contributed by atoms with Crippen molar-refractivity contribution < 1.29 is 4.79 Å². The second kappa shape index (κ2) is 3.97. The first-order chi connectivity index (χ1) is 6.79. The van der Waals surface area contributed by atoms with Crippen LogP contribution in [0.15, 0.2) is 29.8 Å². The number of aldehydes is 1. The summed E-state index contributed by atoms with van der Waals surface area (Å²) >= 11 is 5.77. The molecule has 1 fully saturated rings. The number of carbonyl (C=O) groups excluding carboxylic acids is 1. The molecule has 0 saturated heterocycles. The van der Waals surface area contributed by atoms with Gasteiger partial charge in [-0.3, -0.25) is 4.79 Å². The molecule has 0 aromatic heterocycles. The molecule has 0 unspecified atom stereocenters. The van der Waals surface area contributed by atoms with E-state index in [2.05, 4.69) is 0 Å². The van der Waals surface area contributed by atoms with E-state index in [1.54, 1.807) is 0 Å². The molecule has 0 spiro atoms. The van der Waals surface area contributed by atoms with Crippen molar-refractivity contribution in [1.82, 2.24) is 0 Å². The van der Waals surface area contributed by atoms with E-state index >= 15 is 0 Å². The van der Waals surface area contributed by atoms with Gasteiger partial charge in [-0.1, -0.05) is 23.7 Å². The van der Waals surface area contributed by atoms with Crippen LogP contribution in [-0.4, -0.2) is 6.29 Å². The van der Waals surface area contributed by atoms with Gasteiger partial charge in [0.2, 0.25) is 0 Å². The number of allylic oxidation sites excluding steroid dienone is 1. The van der Waals surface area contributed by atoms with Gasteiger partial charge in [0, 0.05) is 5.02 Å². The number of hydrogen-bond donors (Lipinski definition) is 0. The standard InChI is InChI=1S/C12H11ClO/c13-12-5-1-9(2-6-12)7-11(8-14)10-3-4-10/h1-2,5-8,10H,3-4H2/b11-7+. The lowest BCUT2D eigenvalue weighted by Crippen LogP contribution is -1.86. The van der Waals surface area contributed by atoms with Crippen molar-refractivity contribution in [2.45, 2.75) is 12.8 Å². The Hall–Kier alpha value is -1.08. The zero-order valence-corrected chi connectivity index (χ0v) is 8.50. The maximum Gasteiger partial charge on any atom is 0.146 e. The summed E-state index contributed by atoms with van der Waals surface area (Å²) in [5, 5.41) is 0.723. The van der Waals surface area contributed by atoms with Crippen molar-refractivity contribution in [1.29, 1.82) is 0 Å². The van der Waals surface area contributed by atoms with Crippen molar-refractivity contribution in [3.8, 4) is 0 Å². The van der Waals surface area contributed by atoms with Crippen molar-refractivity contribution in [3.63, 3.8) is 0 Å². The highest BCUT2D eigenvalue weighted by molar-refractivity contribution is 6.30. The summed E-state index contributed by atoms with van der Waals surface area (Å²) in [7, 11) is 0. The molecule has 0 aliphatic heterocycles. The Morgan fingerprint density at radius 2 is 1.93 bits per heavy atom. The molecule has 0 N–H and O–H groups in total. The van der Waals surface area contributed by atoms with Crippen LogP contribution >= 0.6 is 11.6 Å². The highest BCUT2D eigenvalue weighted by Crippen LogP contribution is 2.36. The van der Waals surface area contributed by atoms with Crippen molar-refractivity contribution in [3.05, 3.63) is 40.4 Å². The first-order valence-corrected chi connectivity index (χ1v) is 5.10. The van der Waals surface area contributed by atoms with Crippen LogP contribution in [0.4, 0.5) is 0 Å². The molecule has 1 aromatic carbocycles. The van der Waals surface area contributed by atoms with E-state index in [-0.39, 0.29) is 0 Å². The fraction of sp³-hybridized carbons (Fsp3) is 0.250. The predicted octanol–water partition coefficient (Wildman–Crippen LogP) is 3.33. The van der Waals surface area contributed by atoms with Crippen LogP contribution in [0.2, 0.25) is 5.02 Å². The van der Waals surface area contributed by atoms with E-state index in [9.17, 15) is 4.79 Å². The number of halogens is 1. The first kappa shape index (κ1) is 9.47. The minimum Gasteiger partial charge on any atom is -0.298 e. The van der Waals surface area contributed by atoms with Gasteiger partial charge in [0.25, 0.3) is 0 Å². The zero-order chi connectivity index (χ0) is 9.97. The summed E-state index contributed by atoms with van der Waals surface area (Å²) in [6, 6.07) is 7.52. The maximum atomic E-state index is 10.8. The Kier molecular flexibility index (Phi) is 2.69. The van der Waals surface area contributed by atoms with Crippen LogP contribution < -0.4 is 0 Å². The Balaban J connectivity index is 2.21. The molecule has 1 aliphatic rings. The third kappa shape index (κ3) is 2.24. The van der Waals surface area contributed by atoms with Gasteiger partial charge in [0.1, 0.15) is 6.29 Å². The van der Waals surface area contributed by atoms with Crippen LogP contribution in [0, 0.1) is 5.92 Å². The maximum absolute atomic E-state index is 10.8. The van der Waals surface area contributed by atoms with Crippen LogP contribution in [0.5, 0.6) is 0 Å². The Morgan fingerprint density at radius 1 is 1.29 bits per heavy atom. The third-order valence-corrected chi connectivity index (χ3v) is 2.64. The van der Waals surface area contributed by atoms with E-state index in [4.69, 9.17) is 11.6 Å². The Labute approximate surface area is 88.4 Å². The van der Waals surface area contributed by atoms with Gasteiger partial charge in [-0.2, -0.15) is 0 Å². The molecular formula is C12H11ClO. The summed E-state index contributed by atoms with van der Waals surface area (Å²) in [4.78, 5) is 10.8. The molecular weight excluding hydrogens is 196 g/mol. The molecule has 1 saturated carbocycles. The lowest BCUT2D eigenvalue weighted by molar-refractivity contribution is -0.105. The second-order valence-electron chi connectivity index (χ2n) is 3.59. The van der Waals surface area contributed by atoms with Crippen molar-refractivity contribution in [2.75, 3.05) is 0 Å². The number of carbonyl (C=O) groups is 1. The van der Waals surface area contributed by atoms with E-state index < -0.39 is 0 Å². The molecule has 2 rings (SSSR count). The van der Waals surface area contributed by atoms with Gasteiger partial charge < -0.3 is 0 Å². The summed E-state index contributed by atoms with van der Waals surface area (Å²) in [5.74, 6) is 0.503. The molecule has 0 atom stereocenters. The molecule has 14 heavy (non-hydrogen) atoms. The SMILES string of the molecule is O=C/C(=C\c1ccc(Cl)cc1)C1CC1. The number of rotatable bonds is 3. The predicted molar refractivity (Wildman–Crippen MR) is 58.2 cm³/mol. The Bertz CT molecular complexity index is 360. The quantitative estimate of drug-likeness (QED) is 0.548. The molecule has 1 aromatic rings.